The monoisotopic (exact) mass is 535 g/mol. The highest BCUT2D eigenvalue weighted by Crippen LogP contribution is 2.51. The molecule has 2 aliphatic heterocycles. The van der Waals surface area contributed by atoms with Crippen molar-refractivity contribution in [3.8, 4) is 17.9 Å². The summed E-state index contributed by atoms with van der Waals surface area (Å²) in [6.07, 6.45) is 4.60. The van der Waals surface area contributed by atoms with Gasteiger partial charge < -0.3 is 15.4 Å². The molecule has 0 spiro atoms. The fraction of sp³-hybridized carbons (Fsp3) is 0.357. The Labute approximate surface area is 224 Å². The first-order chi connectivity index (χ1) is 18.2. The summed E-state index contributed by atoms with van der Waals surface area (Å²) in [5.74, 6) is 4.42. The molecule has 2 aromatic rings. The number of benzene rings is 1. The fourth-order valence-electron chi connectivity index (χ4n) is 4.52. The Morgan fingerprint density at radius 2 is 2.03 bits per heavy atom. The highest BCUT2D eigenvalue weighted by molar-refractivity contribution is 8.15. The summed E-state index contributed by atoms with van der Waals surface area (Å²) >= 11 is 1.22. The zero-order valence-electron chi connectivity index (χ0n) is 21.1. The predicted octanol–water partition coefficient (Wildman–Crippen LogP) is 3.53. The minimum Gasteiger partial charge on any atom is -0.378 e. The number of halogens is 2. The Balaban J connectivity index is 1.68. The number of ether oxygens (including phenoxy) is 1. The van der Waals surface area contributed by atoms with Crippen LogP contribution in [0.15, 0.2) is 53.7 Å². The van der Waals surface area contributed by atoms with E-state index in [2.05, 4.69) is 21.8 Å². The van der Waals surface area contributed by atoms with Crippen LogP contribution in [0.5, 0.6) is 0 Å². The van der Waals surface area contributed by atoms with Gasteiger partial charge in [0, 0.05) is 47.2 Å². The molecule has 7 nitrogen and oxygen atoms in total. The number of nitriles is 1. The number of carbonyl (C=O) groups excluding carboxylic acids is 1. The number of morpholine rings is 1. The summed E-state index contributed by atoms with van der Waals surface area (Å²) in [4.78, 5) is 23.0. The van der Waals surface area contributed by atoms with Gasteiger partial charge in [0.2, 0.25) is 5.91 Å². The van der Waals surface area contributed by atoms with E-state index in [1.807, 2.05) is 13.0 Å². The van der Waals surface area contributed by atoms with Gasteiger partial charge in [-0.25, -0.2) is 18.8 Å². The highest BCUT2D eigenvalue weighted by Gasteiger charge is 2.52. The normalized spacial score (nSPS) is 25.3. The lowest BCUT2D eigenvalue weighted by molar-refractivity contribution is -0.130. The molecule has 1 saturated heterocycles. The van der Waals surface area contributed by atoms with Crippen molar-refractivity contribution in [2.75, 3.05) is 33.0 Å². The molecule has 4 rings (SSSR count). The van der Waals surface area contributed by atoms with Gasteiger partial charge in [0.15, 0.2) is 5.17 Å². The quantitative estimate of drug-likeness (QED) is 0.475. The Kier molecular flexibility index (Phi) is 8.15. The molecule has 3 heterocycles. The summed E-state index contributed by atoms with van der Waals surface area (Å²) in [5.41, 5.74) is 5.88. The fourth-order valence-corrected chi connectivity index (χ4v) is 5.69. The molecule has 1 aromatic carbocycles. The third-order valence-electron chi connectivity index (χ3n) is 6.95. The summed E-state index contributed by atoms with van der Waals surface area (Å²) in [6.45, 7) is 4.58. The first-order valence-electron chi connectivity index (χ1n) is 12.0. The maximum Gasteiger partial charge on any atom is 0.246 e. The smallest absolute Gasteiger partial charge is 0.246 e. The Morgan fingerprint density at radius 1 is 1.29 bits per heavy atom. The minimum atomic E-state index is -1.62. The zero-order valence-corrected chi connectivity index (χ0v) is 21.9. The van der Waals surface area contributed by atoms with Gasteiger partial charge >= 0.3 is 0 Å². The molecule has 1 fully saturated rings. The van der Waals surface area contributed by atoms with Crippen LogP contribution in [0.25, 0.3) is 0 Å². The number of amides is 1. The number of hydrogen-bond acceptors (Lipinski definition) is 7. The van der Waals surface area contributed by atoms with Crippen molar-refractivity contribution in [3.63, 3.8) is 0 Å². The second-order valence-corrected chi connectivity index (χ2v) is 10.8. The summed E-state index contributed by atoms with van der Waals surface area (Å²) < 4.78 is 34.7. The van der Waals surface area contributed by atoms with E-state index >= 15 is 4.39 Å². The number of pyridine rings is 1. The second kappa shape index (κ2) is 11.3. The van der Waals surface area contributed by atoms with E-state index in [0.717, 1.165) is 0 Å². The molecule has 2 N–H and O–H groups in total. The Morgan fingerprint density at radius 3 is 2.68 bits per heavy atom. The molecule has 0 unspecified atom stereocenters. The third-order valence-corrected chi connectivity index (χ3v) is 8.18. The lowest BCUT2D eigenvalue weighted by Gasteiger charge is -2.46. The largest absolute Gasteiger partial charge is 0.378 e. The average molecular weight is 536 g/mol. The standard InChI is InChI=1S/C28H27F2N5O2S/c1-19-27(2,10-9-25(36)35-11-13-37-14-12-35)38-26(32)34-28(19,18-29)23-15-20(5-8-24(23)30)3-6-22-7-4-21(16-31)17-33-22/h4-5,7-10,15,17,19H,11-14,18H2,1-2H3,(H2,32,34)/b10-9+/t19-,27-,28+/m1/s1. The molecule has 0 saturated carbocycles. The van der Waals surface area contributed by atoms with Crippen molar-refractivity contribution in [3.05, 3.63) is 76.9 Å². The zero-order chi connectivity index (χ0) is 27.3. The van der Waals surface area contributed by atoms with Gasteiger partial charge in [-0.15, -0.1) is 0 Å². The Bertz CT molecular complexity index is 1370. The molecule has 0 aliphatic carbocycles. The first kappa shape index (κ1) is 27.3. The number of aromatic nitrogens is 1. The van der Waals surface area contributed by atoms with E-state index in [4.69, 9.17) is 15.7 Å². The number of amidine groups is 1. The van der Waals surface area contributed by atoms with Crippen LogP contribution >= 0.6 is 11.8 Å². The van der Waals surface area contributed by atoms with Crippen LogP contribution in [-0.4, -0.2) is 58.7 Å². The first-order valence-corrected chi connectivity index (χ1v) is 12.9. The molecule has 1 amide bonds. The van der Waals surface area contributed by atoms with Crippen molar-refractivity contribution in [2.24, 2.45) is 16.6 Å². The molecule has 1 aromatic heterocycles. The van der Waals surface area contributed by atoms with Gasteiger partial charge in [-0.2, -0.15) is 5.26 Å². The SMILES string of the molecule is C[C@@H]1[C@@](C)(/C=C/C(=O)N2CCOCC2)SC(N)=N[C@]1(CF)c1cc(C#Cc2ccc(C#N)cn2)ccc1F. The summed E-state index contributed by atoms with van der Waals surface area (Å²) in [5, 5.41) is 9.02. The van der Waals surface area contributed by atoms with Gasteiger partial charge in [0.1, 0.15) is 29.8 Å². The van der Waals surface area contributed by atoms with E-state index in [1.54, 1.807) is 30.0 Å². The Hall–Kier alpha value is -3.73. The molecule has 2 aliphatic rings. The topological polar surface area (TPSA) is 105 Å². The molecule has 3 atom stereocenters. The maximum absolute atomic E-state index is 15.3. The average Bonchev–Trinajstić information content (AvgIpc) is 2.94. The number of rotatable bonds is 4. The number of thioether (sulfide) groups is 1. The summed E-state index contributed by atoms with van der Waals surface area (Å²) in [7, 11) is 0. The number of hydrogen-bond donors (Lipinski definition) is 1. The molecule has 10 heteroatoms. The molecule has 38 heavy (non-hydrogen) atoms. The number of carbonyl (C=O) groups is 1. The van der Waals surface area contributed by atoms with Crippen LogP contribution in [0.2, 0.25) is 0 Å². The van der Waals surface area contributed by atoms with Crippen molar-refractivity contribution in [1.29, 1.82) is 5.26 Å². The number of nitrogens with zero attached hydrogens (tertiary/aromatic N) is 4. The molecule has 0 radical (unpaired) electrons. The van der Waals surface area contributed by atoms with Crippen molar-refractivity contribution < 1.29 is 18.3 Å². The molecular weight excluding hydrogens is 508 g/mol. The predicted molar refractivity (Wildman–Crippen MR) is 142 cm³/mol. The van der Waals surface area contributed by atoms with Crippen LogP contribution in [-0.2, 0) is 15.1 Å². The number of alkyl halides is 1. The van der Waals surface area contributed by atoms with E-state index in [-0.39, 0.29) is 16.6 Å². The van der Waals surface area contributed by atoms with E-state index in [1.165, 1.54) is 42.2 Å². The van der Waals surface area contributed by atoms with Gasteiger partial charge in [0.25, 0.3) is 0 Å². The van der Waals surface area contributed by atoms with Crippen molar-refractivity contribution in [1.82, 2.24) is 9.88 Å². The van der Waals surface area contributed by atoms with Crippen LogP contribution in [0, 0.1) is 34.9 Å². The molecule has 0 bridgehead atoms. The molecular formula is C28H27F2N5O2S. The van der Waals surface area contributed by atoms with Crippen molar-refractivity contribution in [2.45, 2.75) is 24.1 Å². The maximum atomic E-state index is 15.3. The van der Waals surface area contributed by atoms with Crippen LogP contribution in [0.3, 0.4) is 0 Å². The van der Waals surface area contributed by atoms with Crippen LogP contribution in [0.4, 0.5) is 8.78 Å². The minimum absolute atomic E-state index is 0.0365. The van der Waals surface area contributed by atoms with Gasteiger partial charge in [0.05, 0.1) is 18.8 Å². The van der Waals surface area contributed by atoms with E-state index in [9.17, 15) is 9.18 Å². The van der Waals surface area contributed by atoms with Gasteiger partial charge in [-0.05, 0) is 43.2 Å². The van der Waals surface area contributed by atoms with Gasteiger partial charge in [-0.3, -0.25) is 4.79 Å². The second-order valence-electron chi connectivity index (χ2n) is 9.28. The molecule has 196 valence electrons. The lowest BCUT2D eigenvalue weighted by Crippen LogP contribution is -2.50. The number of aliphatic imine (C=N–C) groups is 1. The van der Waals surface area contributed by atoms with Gasteiger partial charge in [-0.1, -0.05) is 30.7 Å². The van der Waals surface area contributed by atoms with E-state index < -0.39 is 28.7 Å². The lowest BCUT2D eigenvalue weighted by atomic mass is 9.73. The van der Waals surface area contributed by atoms with Crippen LogP contribution < -0.4 is 5.73 Å². The number of nitrogens with two attached hydrogens (primary N) is 1. The van der Waals surface area contributed by atoms with E-state index in [0.29, 0.717) is 43.1 Å². The highest BCUT2D eigenvalue weighted by atomic mass is 32.2. The van der Waals surface area contributed by atoms with Crippen molar-refractivity contribution >= 4 is 22.8 Å². The summed E-state index contributed by atoms with van der Waals surface area (Å²) in [6, 6.07) is 9.42. The third kappa shape index (κ3) is 5.57. The van der Waals surface area contributed by atoms with Crippen LogP contribution in [0.1, 0.15) is 36.2 Å².